The first kappa shape index (κ1) is 26.8. The van der Waals surface area contributed by atoms with Gasteiger partial charge in [0.1, 0.15) is 5.75 Å². The summed E-state index contributed by atoms with van der Waals surface area (Å²) in [6.07, 6.45) is -2.17. The number of anilines is 1. The molecule has 0 spiro atoms. The molecule has 0 bridgehead atoms. The van der Waals surface area contributed by atoms with E-state index in [4.69, 9.17) is 0 Å². The second kappa shape index (κ2) is 10.6. The van der Waals surface area contributed by atoms with E-state index in [-0.39, 0.29) is 30.2 Å². The maximum Gasteiger partial charge on any atom is 0.573 e. The zero-order valence-electron chi connectivity index (χ0n) is 19.8. The van der Waals surface area contributed by atoms with Crippen LogP contribution in [0.2, 0.25) is 0 Å². The van der Waals surface area contributed by atoms with Crippen LogP contribution in [0.25, 0.3) is 5.69 Å². The van der Waals surface area contributed by atoms with Gasteiger partial charge < -0.3 is 9.84 Å². The van der Waals surface area contributed by atoms with Crippen molar-refractivity contribution >= 4 is 15.9 Å². The quantitative estimate of drug-likeness (QED) is 0.294. The predicted octanol–water partition coefficient (Wildman–Crippen LogP) is 3.44. The lowest BCUT2D eigenvalue weighted by Gasteiger charge is -2.13. The van der Waals surface area contributed by atoms with Gasteiger partial charge in [-0.05, 0) is 48.4 Å². The summed E-state index contributed by atoms with van der Waals surface area (Å²) in [7, 11) is -4.00. The van der Waals surface area contributed by atoms with Crippen LogP contribution in [0.5, 0.6) is 11.6 Å². The fraction of sp³-hybridized carbons (Fsp3) is 0.167. The Morgan fingerprint density at radius 3 is 2.39 bits per heavy atom. The maximum absolute atomic E-state index is 13.2. The number of imidazole rings is 1. The smallest absolute Gasteiger partial charge is 0.493 e. The topological polar surface area (TPSA) is 127 Å². The van der Waals surface area contributed by atoms with Crippen LogP contribution in [0.1, 0.15) is 16.8 Å². The third-order valence-electron chi connectivity index (χ3n) is 5.48. The molecule has 0 fully saturated rings. The van der Waals surface area contributed by atoms with E-state index in [1.807, 2.05) is 6.07 Å². The molecule has 3 N–H and O–H groups in total. The Hall–Kier alpha value is -4.30. The summed E-state index contributed by atoms with van der Waals surface area (Å²) < 4.78 is 73.4. The number of aromatic hydroxyl groups is 1. The third kappa shape index (κ3) is 6.33. The number of pyridine rings is 1. The van der Waals surface area contributed by atoms with Gasteiger partial charge in [0.05, 0.1) is 29.8 Å². The molecule has 0 aliphatic rings. The van der Waals surface area contributed by atoms with Crippen LogP contribution in [0.4, 0.5) is 18.9 Å². The number of ether oxygens (including phenoxy) is 1. The van der Waals surface area contributed by atoms with Crippen LogP contribution in [0.3, 0.4) is 0 Å². The minimum atomic E-state index is -4.87. The number of rotatable bonds is 9. The van der Waals surface area contributed by atoms with Crippen molar-refractivity contribution in [1.29, 1.82) is 0 Å². The summed E-state index contributed by atoms with van der Waals surface area (Å²) in [5.41, 5.74) is 0.795. The highest BCUT2D eigenvalue weighted by molar-refractivity contribution is 7.90. The largest absolute Gasteiger partial charge is 0.573 e. The molecule has 0 saturated carbocycles. The number of nitrogens with one attached hydrogen (secondary N) is 2. The molecular formula is C24H22F3N5O5S. The van der Waals surface area contributed by atoms with Gasteiger partial charge in [0.15, 0.2) is 0 Å². The first-order chi connectivity index (χ1) is 17.9. The molecule has 0 radical (unpaired) electrons. The van der Waals surface area contributed by atoms with Crippen LogP contribution in [0.15, 0.2) is 77.9 Å². The van der Waals surface area contributed by atoms with Gasteiger partial charge in [0.25, 0.3) is 10.2 Å². The van der Waals surface area contributed by atoms with Crippen LogP contribution >= 0.6 is 0 Å². The Bertz CT molecular complexity index is 1580. The van der Waals surface area contributed by atoms with E-state index in [1.165, 1.54) is 42.1 Å². The van der Waals surface area contributed by atoms with E-state index >= 15 is 0 Å². The van der Waals surface area contributed by atoms with Gasteiger partial charge in [0, 0.05) is 12.7 Å². The standard InChI is InChI=1S/C24H22F3N5O5S/c1-16-22(33)32(19-7-9-20(10-8-19)37-24(25,26)27)23(34)31(16)15-18-11-12-28-14-21(18)30-38(35,36)29-13-17-5-3-2-4-6-17/h2-12,14,29-30,33H,13,15H2,1H3. The molecule has 38 heavy (non-hydrogen) atoms. The fourth-order valence-electron chi connectivity index (χ4n) is 3.63. The lowest BCUT2D eigenvalue weighted by Crippen LogP contribution is -2.30. The predicted molar refractivity (Wildman–Crippen MR) is 132 cm³/mol. The van der Waals surface area contributed by atoms with E-state index in [2.05, 4.69) is 19.2 Å². The zero-order chi connectivity index (χ0) is 27.5. The van der Waals surface area contributed by atoms with Crippen LogP contribution < -0.4 is 19.9 Å². The van der Waals surface area contributed by atoms with Crippen molar-refractivity contribution in [2.45, 2.75) is 26.4 Å². The van der Waals surface area contributed by atoms with Gasteiger partial charge in [-0.3, -0.25) is 14.3 Å². The summed E-state index contributed by atoms with van der Waals surface area (Å²) >= 11 is 0. The van der Waals surface area contributed by atoms with Crippen LogP contribution in [-0.4, -0.2) is 34.0 Å². The van der Waals surface area contributed by atoms with Gasteiger partial charge in [-0.2, -0.15) is 13.1 Å². The zero-order valence-corrected chi connectivity index (χ0v) is 20.6. The second-order valence-corrected chi connectivity index (χ2v) is 9.60. The number of alkyl halides is 3. The van der Waals surface area contributed by atoms with Gasteiger partial charge in [-0.15, -0.1) is 13.2 Å². The molecule has 4 aromatic rings. The second-order valence-electron chi connectivity index (χ2n) is 8.10. The molecule has 0 atom stereocenters. The minimum absolute atomic E-state index is 0.0495. The van der Waals surface area contributed by atoms with Crippen molar-refractivity contribution < 1.29 is 31.4 Å². The first-order valence-corrected chi connectivity index (χ1v) is 12.5. The third-order valence-corrected chi connectivity index (χ3v) is 6.50. The Labute approximate surface area is 215 Å². The van der Waals surface area contributed by atoms with Gasteiger partial charge in [-0.1, -0.05) is 30.3 Å². The summed E-state index contributed by atoms with van der Waals surface area (Å²) in [6.45, 7) is 1.38. The molecule has 2 aromatic heterocycles. The minimum Gasteiger partial charge on any atom is -0.493 e. The van der Waals surface area contributed by atoms with E-state index < -0.39 is 33.9 Å². The van der Waals surface area contributed by atoms with Gasteiger partial charge in [0.2, 0.25) is 5.88 Å². The summed E-state index contributed by atoms with van der Waals surface area (Å²) in [5.74, 6) is -0.917. The highest BCUT2D eigenvalue weighted by Gasteiger charge is 2.31. The average molecular weight is 550 g/mol. The summed E-state index contributed by atoms with van der Waals surface area (Å²) in [5, 5.41) is 10.6. The van der Waals surface area contributed by atoms with E-state index in [0.717, 1.165) is 22.3 Å². The summed E-state index contributed by atoms with van der Waals surface area (Å²) in [4.78, 5) is 17.1. The molecule has 0 aliphatic carbocycles. The summed E-state index contributed by atoms with van der Waals surface area (Å²) in [6, 6.07) is 14.8. The molecule has 0 saturated heterocycles. The van der Waals surface area contributed by atoms with Gasteiger partial charge >= 0.3 is 12.1 Å². The number of nitrogens with zero attached hydrogens (tertiary/aromatic N) is 3. The molecule has 200 valence electrons. The number of halogens is 3. The average Bonchev–Trinajstić information content (AvgIpc) is 3.07. The van der Waals surface area contributed by atoms with Crippen molar-refractivity contribution in [2.24, 2.45) is 0 Å². The number of aromatic nitrogens is 3. The molecule has 0 amide bonds. The van der Waals surface area contributed by atoms with Gasteiger partial charge in [-0.25, -0.2) is 9.36 Å². The van der Waals surface area contributed by atoms with Crippen molar-refractivity contribution in [1.82, 2.24) is 18.8 Å². The molecular weight excluding hydrogens is 527 g/mol. The van der Waals surface area contributed by atoms with E-state index in [1.54, 1.807) is 24.3 Å². The molecule has 2 aromatic carbocycles. The van der Waals surface area contributed by atoms with Crippen molar-refractivity contribution in [2.75, 3.05) is 4.72 Å². The highest BCUT2D eigenvalue weighted by atomic mass is 32.2. The Balaban J connectivity index is 1.57. The molecule has 14 heteroatoms. The molecule has 0 unspecified atom stereocenters. The van der Waals surface area contributed by atoms with Crippen molar-refractivity contribution in [3.63, 3.8) is 0 Å². The Kier molecular flexibility index (Phi) is 7.46. The lowest BCUT2D eigenvalue weighted by molar-refractivity contribution is -0.274. The van der Waals surface area contributed by atoms with E-state index in [9.17, 15) is 31.5 Å². The molecule has 10 nitrogen and oxygen atoms in total. The SMILES string of the molecule is Cc1c(O)n(-c2ccc(OC(F)(F)F)cc2)c(=O)n1Cc1ccncc1NS(=O)(=O)NCc1ccccc1. The Morgan fingerprint density at radius 1 is 1.05 bits per heavy atom. The molecule has 0 aliphatic heterocycles. The number of hydrogen-bond acceptors (Lipinski definition) is 6. The fourth-order valence-corrected chi connectivity index (χ4v) is 4.53. The van der Waals surface area contributed by atoms with E-state index in [0.29, 0.717) is 5.56 Å². The normalized spacial score (nSPS) is 11.9. The Morgan fingerprint density at radius 2 is 1.74 bits per heavy atom. The molecule has 4 rings (SSSR count). The van der Waals surface area contributed by atoms with Crippen LogP contribution in [-0.2, 0) is 23.3 Å². The van der Waals surface area contributed by atoms with Crippen LogP contribution in [0, 0.1) is 6.92 Å². The van der Waals surface area contributed by atoms with Crippen molar-refractivity contribution in [3.8, 4) is 17.3 Å². The lowest BCUT2D eigenvalue weighted by atomic mass is 10.2. The van der Waals surface area contributed by atoms with Crippen molar-refractivity contribution in [3.05, 3.63) is 100 Å². The first-order valence-electron chi connectivity index (χ1n) is 11.0. The number of hydrogen-bond donors (Lipinski definition) is 3. The number of benzene rings is 2. The molecule has 2 heterocycles. The maximum atomic E-state index is 13.2. The monoisotopic (exact) mass is 549 g/mol. The highest BCUT2D eigenvalue weighted by Crippen LogP contribution is 2.26.